The van der Waals surface area contributed by atoms with Crippen molar-refractivity contribution in [2.75, 3.05) is 11.9 Å². The summed E-state index contributed by atoms with van der Waals surface area (Å²) in [5.41, 5.74) is 1.97. The maximum absolute atomic E-state index is 14.8. The molecule has 2 atom stereocenters. The van der Waals surface area contributed by atoms with Gasteiger partial charge in [0, 0.05) is 18.7 Å². The molecule has 0 saturated heterocycles. The largest absolute Gasteiger partial charge is 0.508 e. The second kappa shape index (κ2) is 17.3. The second-order valence-corrected chi connectivity index (χ2v) is 13.3. The molecule has 0 aliphatic heterocycles. The van der Waals surface area contributed by atoms with Crippen LogP contribution in [0.2, 0.25) is 0 Å². The maximum Gasteiger partial charge on any atom is 0.408 e. The number of ether oxygens (including phenoxy) is 1. The number of carbonyl (C=O) groups is 3. The quantitative estimate of drug-likeness (QED) is 0.110. The number of anilines is 1. The van der Waals surface area contributed by atoms with Gasteiger partial charge in [0.15, 0.2) is 0 Å². The van der Waals surface area contributed by atoms with Gasteiger partial charge in [0.25, 0.3) is 5.91 Å². The number of phenols is 1. The van der Waals surface area contributed by atoms with Crippen LogP contribution in [-0.2, 0) is 20.7 Å². The summed E-state index contributed by atoms with van der Waals surface area (Å²) < 4.78 is 5.57. The van der Waals surface area contributed by atoms with Crippen molar-refractivity contribution >= 4 is 40.4 Å². The first kappa shape index (κ1) is 36.7. The van der Waals surface area contributed by atoms with Gasteiger partial charge in [0.2, 0.25) is 5.91 Å². The SMILES string of the molecule is C=Cc1cccc(C(C(=O)Nc2ccc3ccccc3c2)N(CCCCCCC)C(=O)C(Cc2ccc(O)cc2)NC(=O)OC(C)(C)C)c1. The molecule has 4 rings (SSSR count). The molecule has 0 aliphatic rings. The van der Waals surface area contributed by atoms with Crippen LogP contribution in [0.4, 0.5) is 10.5 Å². The van der Waals surface area contributed by atoms with Crippen molar-refractivity contribution in [2.45, 2.75) is 83.9 Å². The molecule has 49 heavy (non-hydrogen) atoms. The molecule has 258 valence electrons. The van der Waals surface area contributed by atoms with Crippen LogP contribution in [0.15, 0.2) is 97.6 Å². The van der Waals surface area contributed by atoms with Crippen LogP contribution < -0.4 is 10.6 Å². The highest BCUT2D eigenvalue weighted by molar-refractivity contribution is 6.00. The minimum absolute atomic E-state index is 0.0907. The minimum Gasteiger partial charge on any atom is -0.508 e. The predicted octanol–water partition coefficient (Wildman–Crippen LogP) is 8.80. The van der Waals surface area contributed by atoms with Crippen molar-refractivity contribution in [1.82, 2.24) is 10.2 Å². The Hall–Kier alpha value is -5.11. The fourth-order valence-electron chi connectivity index (χ4n) is 5.78. The molecule has 0 spiro atoms. The summed E-state index contributed by atoms with van der Waals surface area (Å²) >= 11 is 0. The molecule has 0 bridgehead atoms. The second-order valence-electron chi connectivity index (χ2n) is 13.3. The third-order valence-corrected chi connectivity index (χ3v) is 8.19. The van der Waals surface area contributed by atoms with Gasteiger partial charge in [-0.15, -0.1) is 0 Å². The molecule has 4 aromatic rings. The molecule has 8 nitrogen and oxygen atoms in total. The standard InChI is InChI=1S/C41H49N3O5/c1-6-8-9-10-13-25-44(39(47)36(43-40(48)49-41(3,4)5)27-30-19-23-35(45)24-20-30)37(33-18-14-15-29(7-2)26-33)38(46)42-34-22-21-31-16-11-12-17-32(31)28-34/h7,11-12,14-24,26,28,36-37,45H,2,6,8-10,13,25,27H2,1,3-5H3,(H,42,46)(H,43,48). The molecule has 0 heterocycles. The van der Waals surface area contributed by atoms with Gasteiger partial charge in [-0.05, 0) is 85.0 Å². The summed E-state index contributed by atoms with van der Waals surface area (Å²) in [6, 6.07) is 25.5. The molecule has 0 aromatic heterocycles. The Bertz CT molecular complexity index is 1730. The summed E-state index contributed by atoms with van der Waals surface area (Å²) in [7, 11) is 0. The Balaban J connectivity index is 1.77. The summed E-state index contributed by atoms with van der Waals surface area (Å²) in [4.78, 5) is 44.1. The number of nitrogens with zero attached hydrogens (tertiary/aromatic N) is 1. The third kappa shape index (κ3) is 11.0. The first-order chi connectivity index (χ1) is 23.5. The summed E-state index contributed by atoms with van der Waals surface area (Å²) in [5.74, 6) is -0.705. The minimum atomic E-state index is -1.06. The number of fused-ring (bicyclic) bond motifs is 1. The monoisotopic (exact) mass is 663 g/mol. The zero-order valence-corrected chi connectivity index (χ0v) is 29.1. The lowest BCUT2D eigenvalue weighted by atomic mass is 9.98. The molecule has 8 heteroatoms. The van der Waals surface area contributed by atoms with Crippen LogP contribution in [0.5, 0.6) is 5.75 Å². The van der Waals surface area contributed by atoms with Crippen LogP contribution in [0.3, 0.4) is 0 Å². The Morgan fingerprint density at radius 3 is 2.29 bits per heavy atom. The molecular formula is C41H49N3O5. The number of unbranched alkanes of at least 4 members (excludes halogenated alkanes) is 4. The summed E-state index contributed by atoms with van der Waals surface area (Å²) in [5, 5.41) is 17.8. The Labute approximate surface area is 290 Å². The molecule has 3 amide bonds. The third-order valence-electron chi connectivity index (χ3n) is 8.19. The zero-order valence-electron chi connectivity index (χ0n) is 29.1. The average Bonchev–Trinajstić information content (AvgIpc) is 3.07. The van der Waals surface area contributed by atoms with Crippen molar-refractivity contribution in [3.8, 4) is 5.75 Å². The van der Waals surface area contributed by atoms with Crippen molar-refractivity contribution in [3.63, 3.8) is 0 Å². The molecule has 0 fully saturated rings. The van der Waals surface area contributed by atoms with E-state index in [1.165, 1.54) is 12.1 Å². The van der Waals surface area contributed by atoms with Gasteiger partial charge in [-0.3, -0.25) is 9.59 Å². The van der Waals surface area contributed by atoms with Crippen molar-refractivity contribution in [3.05, 3.63) is 114 Å². The molecule has 0 saturated carbocycles. The van der Waals surface area contributed by atoms with Gasteiger partial charge in [-0.2, -0.15) is 0 Å². The van der Waals surface area contributed by atoms with Gasteiger partial charge < -0.3 is 25.4 Å². The van der Waals surface area contributed by atoms with E-state index >= 15 is 0 Å². The predicted molar refractivity (Wildman–Crippen MR) is 197 cm³/mol. The molecule has 0 radical (unpaired) electrons. The van der Waals surface area contributed by atoms with E-state index in [2.05, 4.69) is 24.1 Å². The Morgan fingerprint density at radius 2 is 1.59 bits per heavy atom. The number of hydrogen-bond donors (Lipinski definition) is 3. The van der Waals surface area contributed by atoms with Crippen molar-refractivity contribution in [1.29, 1.82) is 0 Å². The number of amides is 3. The first-order valence-corrected chi connectivity index (χ1v) is 17.1. The highest BCUT2D eigenvalue weighted by Crippen LogP contribution is 2.28. The van der Waals surface area contributed by atoms with Crippen molar-refractivity contribution in [2.24, 2.45) is 0 Å². The Morgan fingerprint density at radius 1 is 0.878 bits per heavy atom. The maximum atomic E-state index is 14.8. The number of carbonyl (C=O) groups excluding carboxylic acids is 3. The van der Waals surface area contributed by atoms with E-state index in [1.807, 2.05) is 66.7 Å². The number of phenolic OH excluding ortho intramolecular Hbond substituents is 1. The van der Waals surface area contributed by atoms with E-state index in [9.17, 15) is 19.5 Å². The van der Waals surface area contributed by atoms with E-state index in [0.29, 0.717) is 24.2 Å². The average molecular weight is 664 g/mol. The normalized spacial score (nSPS) is 12.5. The summed E-state index contributed by atoms with van der Waals surface area (Å²) in [6.45, 7) is 11.6. The molecule has 2 unspecified atom stereocenters. The number of aromatic hydroxyl groups is 1. The number of alkyl carbamates (subject to hydrolysis) is 1. The lowest BCUT2D eigenvalue weighted by Gasteiger charge is -2.35. The van der Waals surface area contributed by atoms with Crippen LogP contribution >= 0.6 is 0 Å². The van der Waals surface area contributed by atoms with E-state index < -0.39 is 29.7 Å². The number of hydrogen-bond acceptors (Lipinski definition) is 5. The van der Waals surface area contributed by atoms with Gasteiger partial charge >= 0.3 is 6.09 Å². The van der Waals surface area contributed by atoms with Crippen LogP contribution in [0, 0.1) is 0 Å². The van der Waals surface area contributed by atoms with Crippen LogP contribution in [0.1, 0.15) is 82.5 Å². The van der Waals surface area contributed by atoms with Gasteiger partial charge in [-0.25, -0.2) is 4.79 Å². The topological polar surface area (TPSA) is 108 Å². The zero-order chi connectivity index (χ0) is 35.4. The lowest BCUT2D eigenvalue weighted by Crippen LogP contribution is -2.53. The summed E-state index contributed by atoms with van der Waals surface area (Å²) in [6.07, 6.45) is 5.79. The number of benzene rings is 4. The van der Waals surface area contributed by atoms with Gasteiger partial charge in [-0.1, -0.05) is 106 Å². The highest BCUT2D eigenvalue weighted by atomic mass is 16.6. The van der Waals surface area contributed by atoms with E-state index in [-0.39, 0.29) is 18.1 Å². The fourth-order valence-corrected chi connectivity index (χ4v) is 5.78. The fraction of sp³-hybridized carbons (Fsp3) is 0.341. The molecule has 4 aromatic carbocycles. The first-order valence-electron chi connectivity index (χ1n) is 17.1. The van der Waals surface area contributed by atoms with Crippen LogP contribution in [-0.4, -0.2) is 46.1 Å². The smallest absolute Gasteiger partial charge is 0.408 e. The van der Waals surface area contributed by atoms with E-state index in [4.69, 9.17) is 4.74 Å². The van der Waals surface area contributed by atoms with Crippen molar-refractivity contribution < 1.29 is 24.2 Å². The number of rotatable bonds is 15. The van der Waals surface area contributed by atoms with E-state index in [1.54, 1.807) is 43.9 Å². The van der Waals surface area contributed by atoms with Crippen LogP contribution in [0.25, 0.3) is 16.8 Å². The molecular weight excluding hydrogens is 614 g/mol. The number of nitrogens with one attached hydrogen (secondary N) is 2. The van der Waals surface area contributed by atoms with E-state index in [0.717, 1.165) is 47.6 Å². The lowest BCUT2D eigenvalue weighted by molar-refractivity contribution is -0.140. The molecule has 0 aliphatic carbocycles. The molecule has 3 N–H and O–H groups in total. The van der Waals surface area contributed by atoms with Gasteiger partial charge in [0.1, 0.15) is 23.4 Å². The Kier molecular flexibility index (Phi) is 13.0. The van der Waals surface area contributed by atoms with Gasteiger partial charge in [0.05, 0.1) is 0 Å². The highest BCUT2D eigenvalue weighted by Gasteiger charge is 2.36.